The molecule has 2 aromatic carbocycles. The van der Waals surface area contributed by atoms with Crippen LogP contribution in [0.4, 0.5) is 8.78 Å². The Kier molecular flexibility index (Phi) is 12.5. The van der Waals surface area contributed by atoms with Crippen LogP contribution in [0.3, 0.4) is 0 Å². The third-order valence-electron chi connectivity index (χ3n) is 7.44. The van der Waals surface area contributed by atoms with Crippen molar-refractivity contribution in [2.45, 2.75) is 65.0 Å². The molecular weight excluding hydrogens is 614 g/mol. The van der Waals surface area contributed by atoms with E-state index in [0.29, 0.717) is 24.3 Å². The molecule has 13 heteroatoms. The Balaban J connectivity index is 0.000000214. The summed E-state index contributed by atoms with van der Waals surface area (Å²) in [4.78, 5) is 48.5. The Morgan fingerprint density at radius 3 is 2.02 bits per heavy atom. The molecule has 2 aliphatic carbocycles. The van der Waals surface area contributed by atoms with Crippen LogP contribution in [0.15, 0.2) is 58.7 Å². The molecule has 5 rings (SSSR count). The summed E-state index contributed by atoms with van der Waals surface area (Å²) in [6.45, 7) is 6.55. The van der Waals surface area contributed by atoms with Crippen molar-refractivity contribution in [3.05, 3.63) is 71.3 Å². The van der Waals surface area contributed by atoms with Gasteiger partial charge in [-0.05, 0) is 95.0 Å². The van der Waals surface area contributed by atoms with Crippen molar-refractivity contribution < 1.29 is 42.2 Å². The normalized spacial score (nSPS) is 17.6. The average molecular weight is 655 g/mol. The van der Waals surface area contributed by atoms with Crippen LogP contribution >= 0.6 is 0 Å². The number of ketones is 1. The van der Waals surface area contributed by atoms with Crippen LogP contribution in [-0.2, 0) is 33.4 Å². The molecule has 252 valence electrons. The van der Waals surface area contributed by atoms with Gasteiger partial charge in [-0.1, -0.05) is 0 Å². The van der Waals surface area contributed by atoms with E-state index in [2.05, 4.69) is 10.2 Å². The van der Waals surface area contributed by atoms with E-state index in [9.17, 15) is 28.0 Å². The van der Waals surface area contributed by atoms with E-state index >= 15 is 0 Å². The monoisotopic (exact) mass is 654 g/mol. The van der Waals surface area contributed by atoms with Crippen molar-refractivity contribution in [3.8, 4) is 0 Å². The van der Waals surface area contributed by atoms with Gasteiger partial charge in [0, 0.05) is 29.8 Å². The van der Waals surface area contributed by atoms with Gasteiger partial charge in [0.25, 0.3) is 0 Å². The molecule has 0 bridgehead atoms. The van der Waals surface area contributed by atoms with Gasteiger partial charge in [-0.3, -0.25) is 24.4 Å². The van der Waals surface area contributed by atoms with E-state index in [1.807, 2.05) is 0 Å². The second-order valence-electron chi connectivity index (χ2n) is 11.1. The summed E-state index contributed by atoms with van der Waals surface area (Å²) in [5.74, 6) is -3.40. The topological polar surface area (TPSA) is 127 Å². The number of carbonyl (C=O) groups excluding carboxylic acids is 4. The summed E-state index contributed by atoms with van der Waals surface area (Å²) in [7, 11) is 0. The number of carbonyl (C=O) groups is 4. The third kappa shape index (κ3) is 10.2. The van der Waals surface area contributed by atoms with Gasteiger partial charge in [0.05, 0.1) is 32.8 Å². The molecule has 3 aliphatic rings. The van der Waals surface area contributed by atoms with Crippen LogP contribution in [-0.4, -0.2) is 90.1 Å². The first-order chi connectivity index (χ1) is 22.6. The molecule has 0 radical (unpaired) electrons. The first kappa shape index (κ1) is 35.2. The summed E-state index contributed by atoms with van der Waals surface area (Å²) in [6.07, 6.45) is 4.10. The maximum Gasteiger partial charge on any atom is 0.359 e. The summed E-state index contributed by atoms with van der Waals surface area (Å²) >= 11 is 0. The van der Waals surface area contributed by atoms with Crippen LogP contribution in [0.2, 0.25) is 0 Å². The van der Waals surface area contributed by atoms with Gasteiger partial charge < -0.3 is 14.2 Å². The van der Waals surface area contributed by atoms with E-state index in [0.717, 1.165) is 25.7 Å². The van der Waals surface area contributed by atoms with Gasteiger partial charge >= 0.3 is 17.9 Å². The van der Waals surface area contributed by atoms with Gasteiger partial charge in [-0.25, -0.2) is 13.6 Å². The highest BCUT2D eigenvalue weighted by Crippen LogP contribution is 2.31. The van der Waals surface area contributed by atoms with Gasteiger partial charge in [-0.15, -0.1) is 0 Å². The average Bonchev–Trinajstić information content (AvgIpc) is 3.97. The fourth-order valence-electron chi connectivity index (χ4n) is 4.77. The Hall–Kier alpha value is -4.68. The lowest BCUT2D eigenvalue weighted by molar-refractivity contribution is -0.151. The highest BCUT2D eigenvalue weighted by Gasteiger charge is 2.42. The smallest absolute Gasteiger partial charge is 0.359 e. The Morgan fingerprint density at radius 1 is 0.872 bits per heavy atom. The lowest BCUT2D eigenvalue weighted by atomic mass is 9.94. The molecule has 0 amide bonds. The number of ether oxygens (including phenoxy) is 3. The molecular formula is C34H40F2N4O7. The number of rotatable bonds is 13. The highest BCUT2D eigenvalue weighted by atomic mass is 19.1. The van der Waals surface area contributed by atoms with Crippen LogP contribution < -0.4 is 0 Å². The predicted molar refractivity (Wildman–Crippen MR) is 168 cm³/mol. The maximum absolute atomic E-state index is 13.2. The zero-order valence-corrected chi connectivity index (χ0v) is 26.8. The lowest BCUT2D eigenvalue weighted by Gasteiger charge is -2.29. The van der Waals surface area contributed by atoms with E-state index in [-0.39, 0.29) is 67.3 Å². The van der Waals surface area contributed by atoms with Crippen molar-refractivity contribution in [1.82, 2.24) is 10.0 Å². The predicted octanol–water partition coefficient (Wildman–Crippen LogP) is 4.27. The molecule has 0 aromatic heterocycles. The first-order valence-electron chi connectivity index (χ1n) is 15.9. The minimum Gasteiger partial charge on any atom is -0.466 e. The number of nitrogens with zero attached hydrogens (tertiary/aromatic N) is 4. The Morgan fingerprint density at radius 2 is 1.47 bits per heavy atom. The van der Waals surface area contributed by atoms with E-state index < -0.39 is 23.7 Å². The highest BCUT2D eigenvalue weighted by molar-refractivity contribution is 6.49. The molecule has 0 saturated heterocycles. The van der Waals surface area contributed by atoms with Crippen molar-refractivity contribution >= 4 is 35.1 Å². The first-order valence-corrected chi connectivity index (χ1v) is 15.9. The molecule has 2 aromatic rings. The standard InChI is InChI=1S/C18H23FN2O4.C16H17FN2O3/c1-3-24-16(22)11-12-21(15-9-10-15)20-17(18(23)25-4-2)13-5-7-14(19)8-6-13;1-2-22-16(21)13-9-19(12-7-8-12)18-14(15(13)20)10-3-5-11(17)6-4-10/h5-8,15H,3-4,9-12H2,1-2H3;3-6,12-13H,2,7-9H2,1H3/b20-17-;. The summed E-state index contributed by atoms with van der Waals surface area (Å²) in [5, 5.41) is 12.3. The number of Topliss-reactive ketones (excluding diaryl/α,β-unsaturated/α-hetero) is 1. The molecule has 2 fully saturated rings. The molecule has 1 heterocycles. The van der Waals surface area contributed by atoms with E-state index in [1.54, 1.807) is 30.8 Å². The van der Waals surface area contributed by atoms with Crippen LogP contribution in [0.1, 0.15) is 64.0 Å². The Labute approximate surface area is 272 Å². The quantitative estimate of drug-likeness (QED) is 0.102. The van der Waals surface area contributed by atoms with Crippen LogP contribution in [0, 0.1) is 17.6 Å². The van der Waals surface area contributed by atoms with Gasteiger partial charge in [0.2, 0.25) is 0 Å². The number of hydrogen-bond donors (Lipinski definition) is 0. The molecule has 0 N–H and O–H groups in total. The molecule has 0 spiro atoms. The van der Waals surface area contributed by atoms with Crippen LogP contribution in [0.5, 0.6) is 0 Å². The Bertz CT molecular complexity index is 1470. The number of hydrazone groups is 2. The largest absolute Gasteiger partial charge is 0.466 e. The molecule has 1 aliphatic heterocycles. The SMILES string of the molecule is CCOC(=O)C1CN(C2CC2)N=C(c2ccc(F)cc2)C1=O.CCOC(=O)CCN(/N=C(\C(=O)OCC)c1ccc(F)cc1)C1CC1. The fourth-order valence-corrected chi connectivity index (χ4v) is 4.77. The second kappa shape index (κ2) is 16.8. The van der Waals surface area contributed by atoms with Gasteiger partial charge in [-0.2, -0.15) is 10.2 Å². The number of halogens is 2. The fraction of sp³-hybridized carbons (Fsp3) is 0.471. The van der Waals surface area contributed by atoms with Crippen molar-refractivity contribution in [1.29, 1.82) is 0 Å². The van der Waals surface area contributed by atoms with Crippen LogP contribution in [0.25, 0.3) is 0 Å². The lowest BCUT2D eigenvalue weighted by Crippen LogP contribution is -2.45. The van der Waals surface area contributed by atoms with E-state index in [1.165, 1.54) is 48.5 Å². The minimum atomic E-state index is -0.863. The summed E-state index contributed by atoms with van der Waals surface area (Å²) in [5.41, 5.74) is 1.31. The third-order valence-corrected chi connectivity index (χ3v) is 7.44. The zero-order valence-electron chi connectivity index (χ0n) is 26.8. The van der Waals surface area contributed by atoms with Crippen molar-refractivity contribution in [3.63, 3.8) is 0 Å². The molecule has 11 nitrogen and oxygen atoms in total. The van der Waals surface area contributed by atoms with Gasteiger partial charge in [0.15, 0.2) is 11.5 Å². The summed E-state index contributed by atoms with van der Waals surface area (Å²) < 4.78 is 41.2. The van der Waals surface area contributed by atoms with Gasteiger partial charge in [0.1, 0.15) is 23.3 Å². The number of hydrogen-bond acceptors (Lipinski definition) is 11. The van der Waals surface area contributed by atoms with Crippen molar-refractivity contribution in [2.24, 2.45) is 16.1 Å². The second-order valence-corrected chi connectivity index (χ2v) is 11.1. The molecule has 1 unspecified atom stereocenters. The summed E-state index contributed by atoms with van der Waals surface area (Å²) in [6, 6.07) is 11.5. The molecule has 2 saturated carbocycles. The maximum atomic E-state index is 13.2. The molecule has 47 heavy (non-hydrogen) atoms. The number of esters is 3. The zero-order chi connectivity index (χ0) is 33.9. The molecule has 1 atom stereocenters. The van der Waals surface area contributed by atoms with E-state index in [4.69, 9.17) is 14.2 Å². The number of benzene rings is 2. The van der Waals surface area contributed by atoms with Crippen molar-refractivity contribution in [2.75, 3.05) is 32.9 Å². The minimum absolute atomic E-state index is 0.109.